The Labute approximate surface area is 207 Å². The molecule has 0 saturated carbocycles. The summed E-state index contributed by atoms with van der Waals surface area (Å²) >= 11 is 3.30. The second kappa shape index (κ2) is 10.2. The third-order valence-electron chi connectivity index (χ3n) is 5.34. The Morgan fingerprint density at radius 1 is 0.794 bits per heavy atom. The van der Waals surface area contributed by atoms with Gasteiger partial charge in [0.25, 0.3) is 0 Å². The minimum atomic E-state index is 0.127. The summed E-state index contributed by atoms with van der Waals surface area (Å²) in [5.41, 5.74) is 5.20. The Kier molecular flexibility index (Phi) is 6.74. The van der Waals surface area contributed by atoms with Crippen LogP contribution in [0.25, 0.3) is 22.5 Å². The average molecular weight is 484 g/mol. The molecular weight excluding hydrogens is 458 g/mol. The van der Waals surface area contributed by atoms with Crippen molar-refractivity contribution < 1.29 is 0 Å². The van der Waals surface area contributed by atoms with Crippen LogP contribution in [0.5, 0.6) is 0 Å². The molecule has 0 fully saturated rings. The Morgan fingerprint density at radius 2 is 1.41 bits per heavy atom. The molecule has 5 aromatic rings. The van der Waals surface area contributed by atoms with Crippen LogP contribution in [0.1, 0.15) is 24.1 Å². The summed E-state index contributed by atoms with van der Waals surface area (Å²) in [7, 11) is 0. The van der Waals surface area contributed by atoms with Gasteiger partial charge in [0.1, 0.15) is 5.01 Å². The molecule has 2 N–H and O–H groups in total. The predicted octanol–water partition coefficient (Wildman–Crippen LogP) is 7.83. The molecule has 0 spiro atoms. The van der Waals surface area contributed by atoms with E-state index in [-0.39, 0.29) is 5.25 Å². The van der Waals surface area contributed by atoms with Crippen molar-refractivity contribution in [1.82, 2.24) is 20.2 Å². The first kappa shape index (κ1) is 22.4. The lowest BCUT2D eigenvalue weighted by Gasteiger charge is -2.15. The first-order chi connectivity index (χ1) is 16.7. The van der Waals surface area contributed by atoms with Crippen molar-refractivity contribution in [2.24, 2.45) is 5.92 Å². The van der Waals surface area contributed by atoms with Gasteiger partial charge in [-0.25, -0.2) is 4.98 Å². The molecule has 1 unspecified atom stereocenters. The van der Waals surface area contributed by atoms with Crippen LogP contribution in [0.3, 0.4) is 0 Å². The van der Waals surface area contributed by atoms with Gasteiger partial charge in [0.05, 0.1) is 16.6 Å². The molecule has 1 atom stereocenters. The summed E-state index contributed by atoms with van der Waals surface area (Å²) in [6, 6.07) is 30.7. The fourth-order valence-corrected chi connectivity index (χ4v) is 5.84. The number of hydrogen-bond acceptors (Lipinski definition) is 6. The van der Waals surface area contributed by atoms with E-state index in [1.807, 2.05) is 54.6 Å². The number of thioether (sulfide) groups is 1. The van der Waals surface area contributed by atoms with E-state index in [9.17, 15) is 0 Å². The summed E-state index contributed by atoms with van der Waals surface area (Å²) in [5.74, 6) is 0.355. The van der Waals surface area contributed by atoms with Crippen molar-refractivity contribution in [2.75, 3.05) is 5.32 Å². The molecule has 2 heterocycles. The smallest absolute Gasteiger partial charge is 0.210 e. The molecule has 2 aromatic heterocycles. The van der Waals surface area contributed by atoms with Crippen LogP contribution in [-0.2, 0) is 0 Å². The summed E-state index contributed by atoms with van der Waals surface area (Å²) in [6.45, 7) is 4.42. The highest BCUT2D eigenvalue weighted by molar-refractivity contribution is 7.99. The van der Waals surface area contributed by atoms with Gasteiger partial charge in [-0.2, -0.15) is 0 Å². The summed E-state index contributed by atoms with van der Waals surface area (Å²) in [6.07, 6.45) is 0. The van der Waals surface area contributed by atoms with Gasteiger partial charge in [-0.15, -0.1) is 10.2 Å². The lowest BCUT2D eigenvalue weighted by molar-refractivity contribution is 0.623. The number of H-pyrrole nitrogens is 1. The predicted molar refractivity (Wildman–Crippen MR) is 143 cm³/mol. The molecule has 0 radical (unpaired) electrons. The highest BCUT2D eigenvalue weighted by Crippen LogP contribution is 2.43. The minimum Gasteiger partial charge on any atom is -0.332 e. The zero-order valence-corrected chi connectivity index (χ0v) is 20.6. The number of aromatic nitrogens is 4. The molecule has 0 bridgehead atoms. The summed E-state index contributed by atoms with van der Waals surface area (Å²) < 4.78 is 0. The van der Waals surface area contributed by atoms with Gasteiger partial charge in [0, 0.05) is 16.8 Å². The van der Waals surface area contributed by atoms with E-state index >= 15 is 0 Å². The Bertz CT molecular complexity index is 1270. The van der Waals surface area contributed by atoms with Gasteiger partial charge >= 0.3 is 0 Å². The quantitative estimate of drug-likeness (QED) is 0.220. The maximum atomic E-state index is 5.03. The van der Waals surface area contributed by atoms with E-state index < -0.39 is 0 Å². The van der Waals surface area contributed by atoms with Crippen LogP contribution in [0.2, 0.25) is 0 Å². The molecule has 0 saturated heterocycles. The van der Waals surface area contributed by atoms with Crippen molar-refractivity contribution in [3.8, 4) is 22.5 Å². The third-order valence-corrected chi connectivity index (χ3v) is 7.85. The van der Waals surface area contributed by atoms with Crippen LogP contribution in [0.15, 0.2) is 96.2 Å². The summed E-state index contributed by atoms with van der Waals surface area (Å²) in [4.78, 5) is 8.62. The van der Waals surface area contributed by atoms with Crippen LogP contribution in [0, 0.1) is 5.92 Å². The van der Waals surface area contributed by atoms with Gasteiger partial charge in [0.2, 0.25) is 5.13 Å². The lowest BCUT2D eigenvalue weighted by Crippen LogP contribution is -2.03. The van der Waals surface area contributed by atoms with E-state index in [1.165, 1.54) is 0 Å². The third kappa shape index (κ3) is 5.05. The van der Waals surface area contributed by atoms with Crippen molar-refractivity contribution in [2.45, 2.75) is 24.3 Å². The Morgan fingerprint density at radius 3 is 2.06 bits per heavy atom. The molecule has 5 nitrogen and oxygen atoms in total. The average Bonchev–Trinajstić information content (AvgIpc) is 3.51. The first-order valence-corrected chi connectivity index (χ1v) is 12.9. The number of aromatic amines is 1. The van der Waals surface area contributed by atoms with Crippen molar-refractivity contribution in [3.63, 3.8) is 0 Å². The number of benzene rings is 3. The van der Waals surface area contributed by atoms with Gasteiger partial charge in [-0.1, -0.05) is 116 Å². The monoisotopic (exact) mass is 483 g/mol. The molecular formula is C27H25N5S2. The topological polar surface area (TPSA) is 66.5 Å². The van der Waals surface area contributed by atoms with E-state index in [2.05, 4.69) is 70.7 Å². The van der Waals surface area contributed by atoms with Crippen LogP contribution >= 0.6 is 23.1 Å². The van der Waals surface area contributed by atoms with Crippen molar-refractivity contribution in [1.29, 1.82) is 0 Å². The Balaban J connectivity index is 1.45. The van der Waals surface area contributed by atoms with Gasteiger partial charge in [-0.05, 0) is 18.1 Å². The highest BCUT2D eigenvalue weighted by atomic mass is 32.2. The zero-order chi connectivity index (χ0) is 23.3. The summed E-state index contributed by atoms with van der Waals surface area (Å²) in [5, 5.41) is 15.0. The molecule has 0 amide bonds. The van der Waals surface area contributed by atoms with Crippen molar-refractivity contribution in [3.05, 3.63) is 96.0 Å². The van der Waals surface area contributed by atoms with Gasteiger partial charge in [-0.3, -0.25) is 0 Å². The molecule has 34 heavy (non-hydrogen) atoms. The fourth-order valence-electron chi connectivity index (χ4n) is 3.66. The normalized spacial score (nSPS) is 12.1. The molecule has 3 aromatic carbocycles. The highest BCUT2D eigenvalue weighted by Gasteiger charge is 2.25. The Hall–Kier alpha value is -3.42. The maximum absolute atomic E-state index is 5.03. The largest absolute Gasteiger partial charge is 0.332 e. The zero-order valence-electron chi connectivity index (χ0n) is 19.0. The number of imidazole rings is 1. The number of nitrogens with one attached hydrogen (secondary N) is 2. The van der Waals surface area contributed by atoms with Crippen LogP contribution in [-0.4, -0.2) is 20.2 Å². The van der Waals surface area contributed by atoms with E-state index in [0.29, 0.717) is 5.92 Å². The standard InChI is InChI=1S/C27H25N5S2/c1-18(2)24(25-31-32-27(34-25)28-21-16-10-5-11-17-21)33-26-29-22(19-12-6-3-7-13-19)23(30-26)20-14-8-4-9-15-20/h3-18,24H,1-2H3,(H,28,32)(H,29,30). The molecule has 0 aliphatic carbocycles. The maximum Gasteiger partial charge on any atom is 0.210 e. The number of nitrogens with zero attached hydrogens (tertiary/aromatic N) is 3. The van der Waals surface area contributed by atoms with Crippen LogP contribution < -0.4 is 5.32 Å². The van der Waals surface area contributed by atoms with Crippen molar-refractivity contribution >= 4 is 33.9 Å². The molecule has 7 heteroatoms. The molecule has 0 aliphatic heterocycles. The second-order valence-corrected chi connectivity index (χ2v) is 10.4. The van der Waals surface area contributed by atoms with Gasteiger partial charge in [0.15, 0.2) is 5.16 Å². The first-order valence-electron chi connectivity index (χ1n) is 11.2. The number of anilines is 2. The number of para-hydroxylation sites is 1. The SMILES string of the molecule is CC(C)C(Sc1nc(-c2ccccc2)c(-c2ccccc2)[nH]1)c1nnc(Nc2ccccc2)s1. The van der Waals surface area contributed by atoms with E-state index in [0.717, 1.165) is 43.5 Å². The molecule has 5 rings (SSSR count). The van der Waals surface area contributed by atoms with Crippen LogP contribution in [0.4, 0.5) is 10.8 Å². The fraction of sp³-hybridized carbons (Fsp3) is 0.148. The van der Waals surface area contributed by atoms with E-state index in [4.69, 9.17) is 4.98 Å². The van der Waals surface area contributed by atoms with Gasteiger partial charge < -0.3 is 10.3 Å². The molecule has 0 aliphatic rings. The number of hydrogen-bond donors (Lipinski definition) is 2. The minimum absolute atomic E-state index is 0.127. The lowest BCUT2D eigenvalue weighted by atomic mass is 10.1. The number of rotatable bonds is 8. The second-order valence-electron chi connectivity index (χ2n) is 8.22. The molecule has 170 valence electrons. The van der Waals surface area contributed by atoms with E-state index in [1.54, 1.807) is 23.1 Å².